The molecule has 2 fully saturated rings. The van der Waals surface area contributed by atoms with E-state index in [0.717, 1.165) is 5.56 Å². The van der Waals surface area contributed by atoms with Gasteiger partial charge in [-0.3, -0.25) is 14.5 Å². The van der Waals surface area contributed by atoms with Crippen LogP contribution >= 0.6 is 47.3 Å². The van der Waals surface area contributed by atoms with Gasteiger partial charge in [-0.1, -0.05) is 47.7 Å². The molecule has 2 amide bonds. The van der Waals surface area contributed by atoms with Gasteiger partial charge in [-0.25, -0.2) is 0 Å². The number of carbonyl (C=O) groups excluding carboxylic acids is 2. The lowest BCUT2D eigenvalue weighted by Gasteiger charge is -2.18. The summed E-state index contributed by atoms with van der Waals surface area (Å²) >= 11 is 14.1. The fourth-order valence-corrected chi connectivity index (χ4v) is 5.29. The molecule has 2 heterocycles. The molecule has 1 aromatic rings. The normalized spacial score (nSPS) is 24.5. The number of aliphatic hydroxyl groups excluding tert-OH is 1. The van der Waals surface area contributed by atoms with E-state index in [-0.39, 0.29) is 30.8 Å². The second-order valence-electron chi connectivity index (χ2n) is 5.92. The van der Waals surface area contributed by atoms with Crippen LogP contribution in [0.3, 0.4) is 0 Å². The predicted molar refractivity (Wildman–Crippen MR) is 111 cm³/mol. The van der Waals surface area contributed by atoms with Crippen molar-refractivity contribution in [2.45, 2.75) is 18.6 Å². The largest absolute Gasteiger partial charge is 0.390 e. The Morgan fingerprint density at radius 3 is 2.96 bits per heavy atom. The first-order valence-corrected chi connectivity index (χ1v) is 10.8. The van der Waals surface area contributed by atoms with Gasteiger partial charge in [0.05, 0.1) is 17.1 Å². The molecule has 0 bridgehead atoms. The molecule has 9 heteroatoms. The Bertz CT molecular complexity index is 771. The quantitative estimate of drug-likeness (QED) is 0.554. The molecular weight excluding hydrogens is 412 g/mol. The maximum atomic E-state index is 12.6. The van der Waals surface area contributed by atoms with Crippen LogP contribution in [-0.4, -0.2) is 56.3 Å². The molecule has 5 nitrogen and oxygen atoms in total. The summed E-state index contributed by atoms with van der Waals surface area (Å²) < 4.78 is 0.438. The molecule has 2 saturated heterocycles. The number of nitrogens with one attached hydrogen (secondary N) is 1. The Balaban J connectivity index is 1.58. The topological polar surface area (TPSA) is 69.6 Å². The van der Waals surface area contributed by atoms with Gasteiger partial charge in [0.15, 0.2) is 0 Å². The van der Waals surface area contributed by atoms with Crippen molar-refractivity contribution in [3.63, 3.8) is 0 Å². The Morgan fingerprint density at radius 2 is 2.27 bits per heavy atom. The lowest BCUT2D eigenvalue weighted by molar-refractivity contribution is -0.124. The molecule has 2 aliphatic rings. The average molecular weight is 429 g/mol. The molecule has 2 atom stereocenters. The summed E-state index contributed by atoms with van der Waals surface area (Å²) in [6.07, 6.45) is 1.38. The van der Waals surface area contributed by atoms with Crippen molar-refractivity contribution in [2.75, 3.05) is 18.1 Å². The number of amides is 2. The number of halogens is 1. The first kappa shape index (κ1) is 19.7. The van der Waals surface area contributed by atoms with Crippen LogP contribution in [0.2, 0.25) is 5.02 Å². The molecule has 0 saturated carbocycles. The Labute approximate surface area is 170 Å². The minimum Gasteiger partial charge on any atom is -0.390 e. The summed E-state index contributed by atoms with van der Waals surface area (Å²) in [4.78, 5) is 26.6. The third-order valence-corrected chi connectivity index (χ3v) is 6.76. The first-order chi connectivity index (χ1) is 12.4. The molecule has 1 aromatic carbocycles. The highest BCUT2D eigenvalue weighted by Crippen LogP contribution is 2.32. The second-order valence-corrected chi connectivity index (χ2v) is 9.10. The van der Waals surface area contributed by atoms with E-state index in [0.29, 0.717) is 25.8 Å². The van der Waals surface area contributed by atoms with Gasteiger partial charge in [-0.15, -0.1) is 0 Å². The summed E-state index contributed by atoms with van der Waals surface area (Å²) in [5, 5.41) is 13.2. The molecule has 0 aliphatic carbocycles. The van der Waals surface area contributed by atoms with Crippen molar-refractivity contribution in [3.05, 3.63) is 39.8 Å². The molecule has 26 heavy (non-hydrogen) atoms. The molecule has 0 unspecified atom stereocenters. The molecule has 0 spiro atoms. The molecule has 2 aliphatic heterocycles. The standard InChI is InChI=1S/C17H17ClN2O3S3/c18-11-3-1-2-10(6-11)7-14-16(23)20(17(24)26-14)5-4-15(22)19-12-8-25-9-13(12)21/h1-3,6-7,12-13,21H,4-5,8-9H2,(H,19,22)/b14-7-/t12-,13+/m0/s1. The highest BCUT2D eigenvalue weighted by molar-refractivity contribution is 8.26. The Kier molecular flexibility index (Phi) is 6.63. The van der Waals surface area contributed by atoms with Gasteiger partial charge in [0.1, 0.15) is 4.32 Å². The fourth-order valence-electron chi connectivity index (χ4n) is 2.61. The molecular formula is C17H17ClN2O3S3. The average Bonchev–Trinajstić information content (AvgIpc) is 3.10. The van der Waals surface area contributed by atoms with E-state index >= 15 is 0 Å². The summed E-state index contributed by atoms with van der Waals surface area (Å²) in [6, 6.07) is 6.99. The molecule has 138 valence electrons. The smallest absolute Gasteiger partial charge is 0.266 e. The van der Waals surface area contributed by atoms with Crippen molar-refractivity contribution in [1.29, 1.82) is 0 Å². The van der Waals surface area contributed by atoms with Gasteiger partial charge in [-0.05, 0) is 23.8 Å². The maximum Gasteiger partial charge on any atom is 0.266 e. The van der Waals surface area contributed by atoms with E-state index < -0.39 is 6.10 Å². The second kappa shape index (κ2) is 8.75. The molecule has 0 radical (unpaired) electrons. The van der Waals surface area contributed by atoms with Crippen LogP contribution in [0.4, 0.5) is 0 Å². The number of benzene rings is 1. The third kappa shape index (κ3) is 4.80. The lowest BCUT2D eigenvalue weighted by Crippen LogP contribution is -2.43. The van der Waals surface area contributed by atoms with E-state index in [2.05, 4.69) is 5.32 Å². The highest BCUT2D eigenvalue weighted by atomic mass is 35.5. The van der Waals surface area contributed by atoms with Gasteiger partial charge < -0.3 is 10.4 Å². The highest BCUT2D eigenvalue weighted by Gasteiger charge is 2.33. The number of thiocarbonyl (C=S) groups is 1. The number of aliphatic hydroxyl groups is 1. The minimum atomic E-state index is -0.513. The van der Waals surface area contributed by atoms with Crippen LogP contribution in [-0.2, 0) is 9.59 Å². The van der Waals surface area contributed by atoms with E-state index in [1.807, 2.05) is 12.1 Å². The van der Waals surface area contributed by atoms with Crippen LogP contribution in [0.15, 0.2) is 29.2 Å². The van der Waals surface area contributed by atoms with Crippen molar-refractivity contribution < 1.29 is 14.7 Å². The van der Waals surface area contributed by atoms with Crippen molar-refractivity contribution in [2.24, 2.45) is 0 Å². The van der Waals surface area contributed by atoms with E-state index in [1.54, 1.807) is 30.0 Å². The number of thioether (sulfide) groups is 2. The Morgan fingerprint density at radius 1 is 1.46 bits per heavy atom. The molecule has 0 aromatic heterocycles. The maximum absolute atomic E-state index is 12.6. The zero-order valence-electron chi connectivity index (χ0n) is 13.7. The lowest BCUT2D eigenvalue weighted by atomic mass is 10.2. The Hall–Kier alpha value is -1.06. The monoisotopic (exact) mass is 428 g/mol. The van der Waals surface area contributed by atoms with Crippen LogP contribution in [0.25, 0.3) is 6.08 Å². The fraction of sp³-hybridized carbons (Fsp3) is 0.353. The summed E-state index contributed by atoms with van der Waals surface area (Å²) in [6.45, 7) is 0.222. The van der Waals surface area contributed by atoms with Crippen LogP contribution in [0.1, 0.15) is 12.0 Å². The van der Waals surface area contributed by atoms with Crippen LogP contribution < -0.4 is 5.32 Å². The predicted octanol–water partition coefficient (Wildman–Crippen LogP) is 2.52. The van der Waals surface area contributed by atoms with Gasteiger partial charge in [0.25, 0.3) is 5.91 Å². The van der Waals surface area contributed by atoms with E-state index in [9.17, 15) is 14.7 Å². The van der Waals surface area contributed by atoms with Crippen LogP contribution in [0, 0.1) is 0 Å². The third-order valence-electron chi connectivity index (χ3n) is 3.98. The SMILES string of the molecule is O=C(CCN1C(=O)/C(=C/c2cccc(Cl)c2)SC1=S)N[C@H]1CSC[C@H]1O. The van der Waals surface area contributed by atoms with Gasteiger partial charge in [0.2, 0.25) is 5.91 Å². The molecule has 3 rings (SSSR count). The number of hydrogen-bond acceptors (Lipinski definition) is 6. The summed E-state index contributed by atoms with van der Waals surface area (Å²) in [7, 11) is 0. The van der Waals surface area contributed by atoms with Crippen molar-refractivity contribution in [3.8, 4) is 0 Å². The number of carbonyl (C=O) groups is 2. The number of nitrogens with zero attached hydrogens (tertiary/aromatic N) is 1. The zero-order chi connectivity index (χ0) is 18.7. The van der Waals surface area contributed by atoms with Crippen molar-refractivity contribution >= 4 is 69.6 Å². The van der Waals surface area contributed by atoms with Gasteiger partial charge in [-0.2, -0.15) is 11.8 Å². The van der Waals surface area contributed by atoms with Gasteiger partial charge in [0, 0.05) is 29.5 Å². The summed E-state index contributed by atoms with van der Waals surface area (Å²) in [5.74, 6) is 0.943. The number of hydrogen-bond donors (Lipinski definition) is 2. The minimum absolute atomic E-state index is 0.144. The van der Waals surface area contributed by atoms with E-state index in [1.165, 1.54) is 16.7 Å². The molecule has 2 N–H and O–H groups in total. The summed E-state index contributed by atoms with van der Waals surface area (Å²) in [5.41, 5.74) is 0.823. The number of rotatable bonds is 5. The first-order valence-electron chi connectivity index (χ1n) is 8.00. The van der Waals surface area contributed by atoms with Gasteiger partial charge >= 0.3 is 0 Å². The van der Waals surface area contributed by atoms with Crippen LogP contribution in [0.5, 0.6) is 0 Å². The van der Waals surface area contributed by atoms with Crippen molar-refractivity contribution in [1.82, 2.24) is 10.2 Å². The van der Waals surface area contributed by atoms with E-state index in [4.69, 9.17) is 23.8 Å². The zero-order valence-corrected chi connectivity index (χ0v) is 16.9.